The van der Waals surface area contributed by atoms with Gasteiger partial charge in [0.25, 0.3) is 0 Å². The van der Waals surface area contributed by atoms with E-state index in [4.69, 9.17) is 5.73 Å². The summed E-state index contributed by atoms with van der Waals surface area (Å²) in [5.41, 5.74) is 8.65. The SMILES string of the molecule is CC[C@H](N)c1ccc(N2CCC(C(C)C)C2)cc1. The van der Waals surface area contributed by atoms with E-state index < -0.39 is 0 Å². The van der Waals surface area contributed by atoms with Crippen LogP contribution in [0.25, 0.3) is 0 Å². The molecule has 0 spiro atoms. The van der Waals surface area contributed by atoms with Crippen molar-refractivity contribution >= 4 is 5.69 Å². The Bertz CT molecular complexity index is 369. The minimum absolute atomic E-state index is 0.182. The molecule has 0 aliphatic carbocycles. The summed E-state index contributed by atoms with van der Waals surface area (Å²) in [5, 5.41) is 0. The molecule has 0 amide bonds. The molecule has 1 saturated heterocycles. The van der Waals surface area contributed by atoms with Gasteiger partial charge in [-0.3, -0.25) is 0 Å². The summed E-state index contributed by atoms with van der Waals surface area (Å²) in [5.74, 6) is 1.64. The van der Waals surface area contributed by atoms with Gasteiger partial charge in [-0.2, -0.15) is 0 Å². The van der Waals surface area contributed by atoms with Crippen LogP contribution in [0.4, 0.5) is 5.69 Å². The van der Waals surface area contributed by atoms with Crippen molar-refractivity contribution in [3.05, 3.63) is 29.8 Å². The summed E-state index contributed by atoms with van der Waals surface area (Å²) < 4.78 is 0. The molecule has 2 atom stereocenters. The van der Waals surface area contributed by atoms with Gasteiger partial charge in [-0.1, -0.05) is 32.9 Å². The second-order valence-corrected chi connectivity index (χ2v) is 5.85. The van der Waals surface area contributed by atoms with Gasteiger partial charge in [-0.25, -0.2) is 0 Å². The van der Waals surface area contributed by atoms with E-state index in [9.17, 15) is 0 Å². The van der Waals surface area contributed by atoms with Crippen LogP contribution in [0, 0.1) is 11.8 Å². The molecule has 2 heteroatoms. The van der Waals surface area contributed by atoms with E-state index in [1.54, 1.807) is 0 Å². The van der Waals surface area contributed by atoms with Gasteiger partial charge in [-0.05, 0) is 42.4 Å². The van der Waals surface area contributed by atoms with Crippen LogP contribution in [-0.2, 0) is 0 Å². The second kappa shape index (κ2) is 5.75. The zero-order valence-corrected chi connectivity index (χ0v) is 11.9. The van der Waals surface area contributed by atoms with Gasteiger partial charge in [0.2, 0.25) is 0 Å². The molecule has 1 aliphatic rings. The summed E-state index contributed by atoms with van der Waals surface area (Å²) in [6.07, 6.45) is 2.33. The molecule has 1 heterocycles. The molecule has 2 N–H and O–H groups in total. The Morgan fingerprint density at radius 2 is 1.94 bits per heavy atom. The fourth-order valence-corrected chi connectivity index (χ4v) is 2.73. The quantitative estimate of drug-likeness (QED) is 0.880. The summed E-state index contributed by atoms with van der Waals surface area (Å²) >= 11 is 0. The third-order valence-electron chi connectivity index (χ3n) is 4.29. The highest BCUT2D eigenvalue weighted by molar-refractivity contribution is 5.49. The number of benzene rings is 1. The Morgan fingerprint density at radius 3 is 2.44 bits per heavy atom. The van der Waals surface area contributed by atoms with E-state index in [0.29, 0.717) is 0 Å². The van der Waals surface area contributed by atoms with Crippen LogP contribution in [-0.4, -0.2) is 13.1 Å². The van der Waals surface area contributed by atoms with Gasteiger partial charge in [0, 0.05) is 24.8 Å². The van der Waals surface area contributed by atoms with Gasteiger partial charge >= 0.3 is 0 Å². The van der Waals surface area contributed by atoms with Crippen molar-refractivity contribution in [3.8, 4) is 0 Å². The molecule has 1 aromatic rings. The molecule has 0 aromatic heterocycles. The zero-order chi connectivity index (χ0) is 13.1. The summed E-state index contributed by atoms with van der Waals surface area (Å²) in [6.45, 7) is 9.19. The summed E-state index contributed by atoms with van der Waals surface area (Å²) in [4.78, 5) is 2.51. The molecule has 18 heavy (non-hydrogen) atoms. The minimum Gasteiger partial charge on any atom is -0.371 e. The molecule has 1 fully saturated rings. The Balaban J connectivity index is 2.02. The molecule has 1 aromatic carbocycles. The topological polar surface area (TPSA) is 29.3 Å². The first-order valence-corrected chi connectivity index (χ1v) is 7.22. The Kier molecular flexibility index (Phi) is 4.28. The van der Waals surface area contributed by atoms with Crippen molar-refractivity contribution in [2.24, 2.45) is 17.6 Å². The van der Waals surface area contributed by atoms with Crippen molar-refractivity contribution < 1.29 is 0 Å². The van der Waals surface area contributed by atoms with E-state index in [1.807, 2.05) is 0 Å². The van der Waals surface area contributed by atoms with Crippen LogP contribution >= 0.6 is 0 Å². The van der Waals surface area contributed by atoms with E-state index in [-0.39, 0.29) is 6.04 Å². The first-order valence-electron chi connectivity index (χ1n) is 7.22. The third kappa shape index (κ3) is 2.86. The fourth-order valence-electron chi connectivity index (χ4n) is 2.73. The van der Waals surface area contributed by atoms with E-state index in [0.717, 1.165) is 18.3 Å². The molecule has 2 nitrogen and oxygen atoms in total. The maximum Gasteiger partial charge on any atom is 0.0366 e. The number of hydrogen-bond acceptors (Lipinski definition) is 2. The standard InChI is InChI=1S/C16H26N2/c1-4-16(17)13-5-7-15(8-6-13)18-10-9-14(11-18)12(2)3/h5-8,12,14,16H,4,9-11,17H2,1-3H3/t14?,16-/m0/s1. The largest absolute Gasteiger partial charge is 0.371 e. The molecule has 1 aliphatic heterocycles. The van der Waals surface area contributed by atoms with Crippen molar-refractivity contribution in [2.75, 3.05) is 18.0 Å². The van der Waals surface area contributed by atoms with Crippen molar-refractivity contribution in [3.63, 3.8) is 0 Å². The average Bonchev–Trinajstić information content (AvgIpc) is 2.88. The van der Waals surface area contributed by atoms with Crippen molar-refractivity contribution in [1.29, 1.82) is 0 Å². The van der Waals surface area contributed by atoms with Crippen LogP contribution in [0.5, 0.6) is 0 Å². The highest BCUT2D eigenvalue weighted by Gasteiger charge is 2.24. The van der Waals surface area contributed by atoms with E-state index in [2.05, 4.69) is 49.9 Å². The van der Waals surface area contributed by atoms with Gasteiger partial charge in [0.15, 0.2) is 0 Å². The van der Waals surface area contributed by atoms with E-state index >= 15 is 0 Å². The molecular weight excluding hydrogens is 220 g/mol. The second-order valence-electron chi connectivity index (χ2n) is 5.85. The maximum atomic E-state index is 6.05. The van der Waals surface area contributed by atoms with Gasteiger partial charge in [-0.15, -0.1) is 0 Å². The third-order valence-corrected chi connectivity index (χ3v) is 4.29. The van der Waals surface area contributed by atoms with Crippen molar-refractivity contribution in [2.45, 2.75) is 39.7 Å². The Hall–Kier alpha value is -1.02. The summed E-state index contributed by atoms with van der Waals surface area (Å²) in [7, 11) is 0. The number of nitrogens with zero attached hydrogens (tertiary/aromatic N) is 1. The van der Waals surface area contributed by atoms with Gasteiger partial charge in [0.1, 0.15) is 0 Å². The van der Waals surface area contributed by atoms with E-state index in [1.165, 1.54) is 30.8 Å². The van der Waals surface area contributed by atoms with Crippen LogP contribution in [0.2, 0.25) is 0 Å². The number of nitrogens with two attached hydrogens (primary N) is 1. The highest BCUT2D eigenvalue weighted by atomic mass is 15.1. The van der Waals surface area contributed by atoms with Crippen LogP contribution < -0.4 is 10.6 Å². The zero-order valence-electron chi connectivity index (χ0n) is 11.9. The van der Waals surface area contributed by atoms with Crippen LogP contribution in [0.3, 0.4) is 0 Å². The highest BCUT2D eigenvalue weighted by Crippen LogP contribution is 2.29. The molecule has 1 unspecified atom stereocenters. The smallest absolute Gasteiger partial charge is 0.0366 e. The monoisotopic (exact) mass is 246 g/mol. The Morgan fingerprint density at radius 1 is 1.28 bits per heavy atom. The summed E-state index contributed by atoms with van der Waals surface area (Å²) in [6, 6.07) is 9.01. The maximum absolute atomic E-state index is 6.05. The lowest BCUT2D eigenvalue weighted by molar-refractivity contribution is 0.423. The fraction of sp³-hybridized carbons (Fsp3) is 0.625. The number of rotatable bonds is 4. The predicted octanol–water partition coefficient (Wildman–Crippen LogP) is 3.58. The normalized spacial score (nSPS) is 21.6. The number of anilines is 1. The molecule has 0 radical (unpaired) electrons. The Labute approximate surface area is 111 Å². The van der Waals surface area contributed by atoms with Crippen LogP contribution in [0.15, 0.2) is 24.3 Å². The minimum atomic E-state index is 0.182. The van der Waals surface area contributed by atoms with Gasteiger partial charge in [0.05, 0.1) is 0 Å². The molecular formula is C16H26N2. The van der Waals surface area contributed by atoms with Gasteiger partial charge < -0.3 is 10.6 Å². The lowest BCUT2D eigenvalue weighted by Gasteiger charge is -2.21. The van der Waals surface area contributed by atoms with Crippen LogP contribution in [0.1, 0.15) is 45.2 Å². The first-order chi connectivity index (χ1) is 8.61. The van der Waals surface area contributed by atoms with Crippen molar-refractivity contribution in [1.82, 2.24) is 0 Å². The average molecular weight is 246 g/mol. The molecule has 0 bridgehead atoms. The predicted molar refractivity (Wildman–Crippen MR) is 78.8 cm³/mol. The molecule has 100 valence electrons. The molecule has 0 saturated carbocycles. The lowest BCUT2D eigenvalue weighted by Crippen LogP contribution is -2.21. The number of hydrogen-bond donors (Lipinski definition) is 1. The first kappa shape index (κ1) is 13.4. The lowest BCUT2D eigenvalue weighted by atomic mass is 9.95. The molecule has 2 rings (SSSR count).